The highest BCUT2D eigenvalue weighted by atomic mass is 19.1. The van der Waals surface area contributed by atoms with Crippen LogP contribution in [0.4, 0.5) is 4.39 Å². The minimum absolute atomic E-state index is 0.235. The molecule has 0 saturated heterocycles. The maximum absolute atomic E-state index is 14.1. The van der Waals surface area contributed by atoms with E-state index in [9.17, 15) is 4.39 Å². The Morgan fingerprint density at radius 1 is 1.00 bits per heavy atom. The van der Waals surface area contributed by atoms with E-state index in [2.05, 4.69) is 12.3 Å². The van der Waals surface area contributed by atoms with E-state index < -0.39 is 0 Å². The predicted octanol–water partition coefficient (Wildman–Crippen LogP) is 3.30. The van der Waals surface area contributed by atoms with E-state index >= 15 is 0 Å². The van der Waals surface area contributed by atoms with Crippen molar-refractivity contribution in [1.82, 2.24) is 5.43 Å². The second-order valence-electron chi connectivity index (χ2n) is 4.97. The smallest absolute Gasteiger partial charge is 0.128 e. The van der Waals surface area contributed by atoms with Gasteiger partial charge in [0.25, 0.3) is 0 Å². The van der Waals surface area contributed by atoms with Gasteiger partial charge in [-0.2, -0.15) is 0 Å². The summed E-state index contributed by atoms with van der Waals surface area (Å²) in [6.45, 7) is 5.96. The van der Waals surface area contributed by atoms with Crippen molar-refractivity contribution in [2.24, 2.45) is 5.84 Å². The maximum Gasteiger partial charge on any atom is 0.128 e. The zero-order valence-electron chi connectivity index (χ0n) is 11.5. The maximum atomic E-state index is 14.1. The van der Waals surface area contributed by atoms with Crippen molar-refractivity contribution < 1.29 is 4.39 Å². The molecule has 1 atom stereocenters. The molecule has 0 spiro atoms. The summed E-state index contributed by atoms with van der Waals surface area (Å²) in [5, 5.41) is 0. The number of hydrazine groups is 1. The fourth-order valence-corrected chi connectivity index (χ4v) is 2.18. The Balaban J connectivity index is 2.46. The fraction of sp³-hybridized carbons (Fsp3) is 0.250. The van der Waals surface area contributed by atoms with Gasteiger partial charge >= 0.3 is 0 Å². The molecule has 0 bridgehead atoms. The lowest BCUT2D eigenvalue weighted by atomic mass is 9.95. The lowest BCUT2D eigenvalue weighted by molar-refractivity contribution is 0.559. The van der Waals surface area contributed by atoms with E-state index in [-0.39, 0.29) is 11.9 Å². The Kier molecular flexibility index (Phi) is 3.98. The van der Waals surface area contributed by atoms with E-state index in [0.29, 0.717) is 5.56 Å². The Morgan fingerprint density at radius 2 is 1.74 bits per heavy atom. The first-order valence-electron chi connectivity index (χ1n) is 6.32. The van der Waals surface area contributed by atoms with Crippen LogP contribution in [0.3, 0.4) is 0 Å². The minimum Gasteiger partial charge on any atom is -0.271 e. The van der Waals surface area contributed by atoms with Gasteiger partial charge in [-0.3, -0.25) is 5.84 Å². The number of hydrogen-bond acceptors (Lipinski definition) is 2. The molecule has 0 fully saturated rings. The second kappa shape index (κ2) is 5.51. The van der Waals surface area contributed by atoms with Gasteiger partial charge in [-0.25, -0.2) is 9.82 Å². The first-order chi connectivity index (χ1) is 9.02. The first-order valence-corrected chi connectivity index (χ1v) is 6.32. The molecule has 2 rings (SSSR count). The third-order valence-corrected chi connectivity index (χ3v) is 3.50. The van der Waals surface area contributed by atoms with Gasteiger partial charge in [0.1, 0.15) is 5.82 Å². The number of nitrogens with two attached hydrogens (primary N) is 1. The molecule has 3 N–H and O–H groups in total. The van der Waals surface area contributed by atoms with Gasteiger partial charge in [0.2, 0.25) is 0 Å². The van der Waals surface area contributed by atoms with Crippen LogP contribution in [0, 0.1) is 26.6 Å². The van der Waals surface area contributed by atoms with Gasteiger partial charge in [0, 0.05) is 5.56 Å². The quantitative estimate of drug-likeness (QED) is 0.655. The average Bonchev–Trinajstić information content (AvgIpc) is 2.37. The summed E-state index contributed by atoms with van der Waals surface area (Å²) in [6, 6.07) is 10.9. The van der Waals surface area contributed by atoms with E-state index in [0.717, 1.165) is 11.1 Å². The standard InChI is InChI=1S/C16H19FN2/c1-10-4-7-14(15(17)8-10)16(19-18)13-6-5-11(2)12(3)9-13/h4-9,16,19H,18H2,1-3H3. The minimum atomic E-state index is -0.333. The Morgan fingerprint density at radius 3 is 2.32 bits per heavy atom. The van der Waals surface area contributed by atoms with E-state index in [4.69, 9.17) is 5.84 Å². The number of halogens is 1. The monoisotopic (exact) mass is 258 g/mol. The van der Waals surface area contributed by atoms with Crippen LogP contribution in [-0.2, 0) is 0 Å². The number of benzene rings is 2. The molecular weight excluding hydrogens is 239 g/mol. The van der Waals surface area contributed by atoms with E-state index in [1.807, 2.05) is 38.1 Å². The number of nitrogens with one attached hydrogen (secondary N) is 1. The van der Waals surface area contributed by atoms with Gasteiger partial charge in [-0.15, -0.1) is 0 Å². The van der Waals surface area contributed by atoms with Crippen LogP contribution in [0.1, 0.15) is 33.9 Å². The third kappa shape index (κ3) is 2.83. The second-order valence-corrected chi connectivity index (χ2v) is 4.97. The zero-order valence-corrected chi connectivity index (χ0v) is 11.5. The van der Waals surface area contributed by atoms with Crippen molar-refractivity contribution >= 4 is 0 Å². The summed E-state index contributed by atoms with van der Waals surface area (Å²) >= 11 is 0. The van der Waals surface area contributed by atoms with Gasteiger partial charge < -0.3 is 0 Å². The van der Waals surface area contributed by atoms with Crippen LogP contribution in [0.15, 0.2) is 36.4 Å². The van der Waals surface area contributed by atoms with Crippen LogP contribution in [0.2, 0.25) is 0 Å². The highest BCUT2D eigenvalue weighted by Crippen LogP contribution is 2.25. The third-order valence-electron chi connectivity index (χ3n) is 3.50. The van der Waals surface area contributed by atoms with Crippen LogP contribution >= 0.6 is 0 Å². The van der Waals surface area contributed by atoms with Gasteiger partial charge in [0.05, 0.1) is 6.04 Å². The first kappa shape index (κ1) is 13.7. The molecule has 2 aromatic carbocycles. The zero-order chi connectivity index (χ0) is 14.0. The molecule has 0 heterocycles. The molecular formula is C16H19FN2. The molecule has 100 valence electrons. The molecule has 0 aromatic heterocycles. The van der Waals surface area contributed by atoms with E-state index in [1.165, 1.54) is 17.2 Å². The summed E-state index contributed by atoms with van der Waals surface area (Å²) in [7, 11) is 0. The average molecular weight is 258 g/mol. The van der Waals surface area contributed by atoms with Crippen molar-refractivity contribution in [2.45, 2.75) is 26.8 Å². The van der Waals surface area contributed by atoms with E-state index in [1.54, 1.807) is 6.07 Å². The van der Waals surface area contributed by atoms with Gasteiger partial charge in [-0.1, -0.05) is 30.3 Å². The number of aryl methyl sites for hydroxylation is 3. The van der Waals surface area contributed by atoms with Crippen molar-refractivity contribution in [3.8, 4) is 0 Å². The lowest BCUT2D eigenvalue weighted by Crippen LogP contribution is -2.29. The van der Waals surface area contributed by atoms with Crippen molar-refractivity contribution in [1.29, 1.82) is 0 Å². The molecule has 2 aromatic rings. The molecule has 0 aliphatic rings. The molecule has 19 heavy (non-hydrogen) atoms. The van der Waals surface area contributed by atoms with Gasteiger partial charge in [0.15, 0.2) is 0 Å². The Hall–Kier alpha value is -1.71. The summed E-state index contributed by atoms with van der Waals surface area (Å²) in [5.41, 5.74) is 7.52. The molecule has 2 nitrogen and oxygen atoms in total. The van der Waals surface area contributed by atoms with Crippen molar-refractivity contribution in [3.63, 3.8) is 0 Å². The highest BCUT2D eigenvalue weighted by Gasteiger charge is 2.16. The molecule has 3 heteroatoms. The molecule has 0 aliphatic carbocycles. The topological polar surface area (TPSA) is 38.0 Å². The predicted molar refractivity (Wildman–Crippen MR) is 76.2 cm³/mol. The molecule has 0 amide bonds. The van der Waals surface area contributed by atoms with Crippen molar-refractivity contribution in [2.75, 3.05) is 0 Å². The summed E-state index contributed by atoms with van der Waals surface area (Å²) < 4.78 is 14.1. The number of hydrogen-bond donors (Lipinski definition) is 2. The number of rotatable bonds is 3. The lowest BCUT2D eigenvalue weighted by Gasteiger charge is -2.19. The fourth-order valence-electron chi connectivity index (χ4n) is 2.18. The molecule has 0 saturated carbocycles. The summed E-state index contributed by atoms with van der Waals surface area (Å²) in [5.74, 6) is 5.38. The van der Waals surface area contributed by atoms with Crippen LogP contribution in [0.5, 0.6) is 0 Å². The molecule has 1 unspecified atom stereocenters. The highest BCUT2D eigenvalue weighted by molar-refractivity contribution is 5.38. The van der Waals surface area contributed by atoms with Gasteiger partial charge in [-0.05, 0) is 49.1 Å². The molecule has 0 aliphatic heterocycles. The van der Waals surface area contributed by atoms with Crippen LogP contribution < -0.4 is 11.3 Å². The SMILES string of the molecule is Cc1ccc(C(NN)c2ccc(C)c(C)c2)c(F)c1. The van der Waals surface area contributed by atoms with Crippen molar-refractivity contribution in [3.05, 3.63) is 70.0 Å². The summed E-state index contributed by atoms with van der Waals surface area (Å²) in [4.78, 5) is 0. The Bertz CT molecular complexity index is 593. The normalized spacial score (nSPS) is 12.5. The summed E-state index contributed by atoms with van der Waals surface area (Å²) in [6.07, 6.45) is 0. The Labute approximate surface area is 113 Å². The molecule has 0 radical (unpaired) electrons. The van der Waals surface area contributed by atoms with Crippen LogP contribution in [-0.4, -0.2) is 0 Å². The largest absolute Gasteiger partial charge is 0.271 e. The van der Waals surface area contributed by atoms with Crippen LogP contribution in [0.25, 0.3) is 0 Å².